The molecule has 150 valence electrons. The molecule has 1 N–H and O–H groups in total. The average molecular weight is 465 g/mol. The van der Waals surface area contributed by atoms with Gasteiger partial charge in [0.25, 0.3) is 5.91 Å². The molecule has 0 radical (unpaired) electrons. The van der Waals surface area contributed by atoms with Gasteiger partial charge >= 0.3 is 0 Å². The fraction of sp³-hybridized carbons (Fsp3) is 0.130. The molecular weight excluding hydrogens is 448 g/mol. The fourth-order valence-electron chi connectivity index (χ4n) is 3.41. The van der Waals surface area contributed by atoms with E-state index in [1.54, 1.807) is 18.2 Å². The summed E-state index contributed by atoms with van der Waals surface area (Å²) < 4.78 is 17.7. The molecule has 5 rings (SSSR count). The first-order valence-electron chi connectivity index (χ1n) is 9.45. The predicted octanol–water partition coefficient (Wildman–Crippen LogP) is 5.59. The molecule has 2 aromatic carbocycles. The van der Waals surface area contributed by atoms with Gasteiger partial charge in [0, 0.05) is 22.0 Å². The molecule has 1 amide bonds. The highest BCUT2D eigenvalue weighted by molar-refractivity contribution is 9.10. The van der Waals surface area contributed by atoms with Crippen molar-refractivity contribution < 1.29 is 18.7 Å². The summed E-state index contributed by atoms with van der Waals surface area (Å²) in [4.78, 5) is 17.9. The predicted molar refractivity (Wildman–Crippen MR) is 117 cm³/mol. The smallest absolute Gasteiger partial charge is 0.256 e. The number of hydrogen-bond acceptors (Lipinski definition) is 5. The van der Waals surface area contributed by atoms with Gasteiger partial charge in [-0.05, 0) is 47.1 Å². The van der Waals surface area contributed by atoms with Crippen LogP contribution in [0, 0.1) is 6.92 Å². The van der Waals surface area contributed by atoms with Gasteiger partial charge in [0.15, 0.2) is 17.3 Å². The molecule has 1 aliphatic rings. The molecule has 0 spiro atoms. The summed E-state index contributed by atoms with van der Waals surface area (Å²) in [6, 6.07) is 16.6. The van der Waals surface area contributed by atoms with E-state index in [9.17, 15) is 4.79 Å². The molecule has 7 heteroatoms. The molecule has 0 aliphatic carbocycles. The third-order valence-electron chi connectivity index (χ3n) is 4.83. The number of carbonyl (C=O) groups is 1. The first-order chi connectivity index (χ1) is 14.6. The number of halogens is 1. The van der Waals surface area contributed by atoms with Crippen LogP contribution < -0.4 is 14.8 Å². The van der Waals surface area contributed by atoms with Crippen LogP contribution >= 0.6 is 15.9 Å². The first kappa shape index (κ1) is 18.7. The lowest BCUT2D eigenvalue weighted by Crippen LogP contribution is -2.17. The second kappa shape index (κ2) is 7.50. The zero-order chi connectivity index (χ0) is 20.7. The number of nitrogens with one attached hydrogen (secondary N) is 1. The van der Waals surface area contributed by atoms with E-state index in [1.807, 2.05) is 43.3 Å². The minimum atomic E-state index is -0.254. The highest BCUT2D eigenvalue weighted by atomic mass is 79.9. The SMILES string of the molecule is Cc1ccc(-c2cc(C(=O)Nc3cc4c(cc3Br)OCCO4)c3ccccc3n2)o1. The molecule has 0 saturated carbocycles. The van der Waals surface area contributed by atoms with Crippen molar-refractivity contribution in [2.45, 2.75) is 6.92 Å². The van der Waals surface area contributed by atoms with E-state index in [2.05, 4.69) is 26.2 Å². The number of amides is 1. The maximum Gasteiger partial charge on any atom is 0.256 e. The van der Waals surface area contributed by atoms with Crippen LogP contribution in [0.3, 0.4) is 0 Å². The number of aryl methyl sites for hydroxylation is 1. The highest BCUT2D eigenvalue weighted by Gasteiger charge is 2.19. The first-order valence-corrected chi connectivity index (χ1v) is 10.2. The van der Waals surface area contributed by atoms with Crippen molar-refractivity contribution in [3.8, 4) is 23.0 Å². The summed E-state index contributed by atoms with van der Waals surface area (Å²) in [5.41, 5.74) is 2.43. The van der Waals surface area contributed by atoms with Crippen molar-refractivity contribution in [3.05, 3.63) is 70.4 Å². The second-order valence-electron chi connectivity index (χ2n) is 6.91. The minimum Gasteiger partial charge on any atom is -0.486 e. The van der Waals surface area contributed by atoms with Crippen LogP contribution in [0.5, 0.6) is 11.5 Å². The second-order valence-corrected chi connectivity index (χ2v) is 7.77. The number of ether oxygens (including phenoxy) is 2. The van der Waals surface area contributed by atoms with Crippen LogP contribution in [-0.2, 0) is 0 Å². The van der Waals surface area contributed by atoms with E-state index in [-0.39, 0.29) is 5.91 Å². The Morgan fingerprint density at radius 3 is 2.57 bits per heavy atom. The van der Waals surface area contributed by atoms with E-state index in [4.69, 9.17) is 13.9 Å². The van der Waals surface area contributed by atoms with E-state index in [1.165, 1.54) is 0 Å². The molecule has 0 atom stereocenters. The van der Waals surface area contributed by atoms with Crippen molar-refractivity contribution in [3.63, 3.8) is 0 Å². The van der Waals surface area contributed by atoms with E-state index >= 15 is 0 Å². The molecule has 0 unspecified atom stereocenters. The molecule has 6 nitrogen and oxygen atoms in total. The molecule has 0 saturated heterocycles. The molecule has 1 aliphatic heterocycles. The van der Waals surface area contributed by atoms with Gasteiger partial charge < -0.3 is 19.2 Å². The number of para-hydroxylation sites is 1. The fourth-order valence-corrected chi connectivity index (χ4v) is 3.83. The molecule has 30 heavy (non-hydrogen) atoms. The lowest BCUT2D eigenvalue weighted by molar-refractivity contribution is 0.102. The topological polar surface area (TPSA) is 73.6 Å². The summed E-state index contributed by atoms with van der Waals surface area (Å²) >= 11 is 3.50. The Morgan fingerprint density at radius 2 is 1.80 bits per heavy atom. The molecule has 2 aromatic heterocycles. The molecule has 4 aromatic rings. The summed E-state index contributed by atoms with van der Waals surface area (Å²) in [6.45, 7) is 2.85. The minimum absolute atomic E-state index is 0.254. The Morgan fingerprint density at radius 1 is 1.03 bits per heavy atom. The Bertz CT molecular complexity index is 1280. The van der Waals surface area contributed by atoms with Crippen LogP contribution in [0.25, 0.3) is 22.4 Å². The Kier molecular flexibility index (Phi) is 4.67. The lowest BCUT2D eigenvalue weighted by Gasteiger charge is -2.20. The Labute approximate surface area is 181 Å². The largest absolute Gasteiger partial charge is 0.486 e. The van der Waals surface area contributed by atoms with Gasteiger partial charge in [-0.1, -0.05) is 18.2 Å². The molecule has 0 fully saturated rings. The number of benzene rings is 2. The summed E-state index contributed by atoms with van der Waals surface area (Å²) in [6.07, 6.45) is 0. The van der Waals surface area contributed by atoms with Crippen LogP contribution in [0.1, 0.15) is 16.1 Å². The number of rotatable bonds is 3. The third-order valence-corrected chi connectivity index (χ3v) is 5.49. The van der Waals surface area contributed by atoms with Gasteiger partial charge in [-0.2, -0.15) is 0 Å². The normalized spacial score (nSPS) is 12.7. The van der Waals surface area contributed by atoms with E-state index in [0.717, 1.165) is 16.7 Å². The van der Waals surface area contributed by atoms with Gasteiger partial charge in [0.1, 0.15) is 24.7 Å². The Hall–Kier alpha value is -3.32. The number of nitrogens with zero attached hydrogens (tertiary/aromatic N) is 1. The van der Waals surface area contributed by atoms with Crippen LogP contribution in [0.15, 0.2) is 63.5 Å². The van der Waals surface area contributed by atoms with Crippen LogP contribution in [0.2, 0.25) is 0 Å². The average Bonchev–Trinajstić information content (AvgIpc) is 3.19. The van der Waals surface area contributed by atoms with E-state index < -0.39 is 0 Å². The number of aromatic nitrogens is 1. The van der Waals surface area contributed by atoms with Gasteiger partial charge in [-0.15, -0.1) is 0 Å². The lowest BCUT2D eigenvalue weighted by atomic mass is 10.1. The standard InChI is InChI=1S/C23H17BrN2O4/c1-13-6-7-20(30-13)19-10-15(14-4-2-3-5-17(14)25-19)23(27)26-18-12-22-21(11-16(18)24)28-8-9-29-22/h2-7,10-12H,8-9H2,1H3,(H,26,27). The monoisotopic (exact) mass is 464 g/mol. The summed E-state index contributed by atoms with van der Waals surface area (Å²) in [5, 5.41) is 3.73. The van der Waals surface area contributed by atoms with Crippen molar-refractivity contribution in [2.75, 3.05) is 18.5 Å². The van der Waals surface area contributed by atoms with Crippen LogP contribution in [-0.4, -0.2) is 24.1 Å². The van der Waals surface area contributed by atoms with Crippen LogP contribution in [0.4, 0.5) is 5.69 Å². The molecule has 0 bridgehead atoms. The number of fused-ring (bicyclic) bond motifs is 2. The number of hydrogen-bond donors (Lipinski definition) is 1. The molecule has 3 heterocycles. The number of anilines is 1. The molecular formula is C23H17BrN2O4. The van der Waals surface area contributed by atoms with Gasteiger partial charge in [0.05, 0.1) is 16.8 Å². The van der Waals surface area contributed by atoms with E-state index in [0.29, 0.717) is 51.9 Å². The third kappa shape index (κ3) is 3.41. The van der Waals surface area contributed by atoms with Crippen molar-refractivity contribution >= 4 is 38.4 Å². The zero-order valence-corrected chi connectivity index (χ0v) is 17.7. The summed E-state index contributed by atoms with van der Waals surface area (Å²) in [5.74, 6) is 2.40. The maximum atomic E-state index is 13.3. The van der Waals surface area contributed by atoms with Crippen molar-refractivity contribution in [1.82, 2.24) is 4.98 Å². The van der Waals surface area contributed by atoms with Gasteiger partial charge in [-0.25, -0.2) is 4.98 Å². The summed E-state index contributed by atoms with van der Waals surface area (Å²) in [7, 11) is 0. The van der Waals surface area contributed by atoms with Crippen molar-refractivity contribution in [2.24, 2.45) is 0 Å². The highest BCUT2D eigenvalue weighted by Crippen LogP contribution is 2.38. The zero-order valence-electron chi connectivity index (χ0n) is 16.1. The maximum absolute atomic E-state index is 13.3. The number of furan rings is 1. The Balaban J connectivity index is 1.56. The number of pyridine rings is 1. The number of carbonyl (C=O) groups excluding carboxylic acids is 1. The quantitative estimate of drug-likeness (QED) is 0.427. The van der Waals surface area contributed by atoms with Crippen molar-refractivity contribution in [1.29, 1.82) is 0 Å². The van der Waals surface area contributed by atoms with Gasteiger partial charge in [-0.3, -0.25) is 4.79 Å². The van der Waals surface area contributed by atoms with Gasteiger partial charge in [0.2, 0.25) is 0 Å².